The van der Waals surface area contributed by atoms with Crippen molar-refractivity contribution in [1.82, 2.24) is 5.32 Å². The first-order valence-electron chi connectivity index (χ1n) is 6.08. The fraction of sp³-hybridized carbons (Fsp3) is 0.833. The number of aliphatic hydroxyl groups excluding tert-OH is 1. The molecule has 4 heteroatoms. The number of rotatable bonds is 12. The van der Waals surface area contributed by atoms with E-state index < -0.39 is 0 Å². The molecule has 0 amide bonds. The average Bonchev–Trinajstić information content (AvgIpc) is 2.28. The van der Waals surface area contributed by atoms with E-state index in [1.807, 2.05) is 6.08 Å². The summed E-state index contributed by atoms with van der Waals surface area (Å²) in [6, 6.07) is 0. The van der Waals surface area contributed by atoms with E-state index >= 15 is 0 Å². The summed E-state index contributed by atoms with van der Waals surface area (Å²) >= 11 is 1.71. The van der Waals surface area contributed by atoms with E-state index in [1.165, 1.54) is 19.3 Å². The predicted octanol–water partition coefficient (Wildman–Crippen LogP) is 1.38. The summed E-state index contributed by atoms with van der Waals surface area (Å²) in [4.78, 5) is 0. The second-order valence-electron chi connectivity index (χ2n) is 3.89. The van der Waals surface area contributed by atoms with Gasteiger partial charge in [0.05, 0.1) is 6.10 Å². The summed E-state index contributed by atoms with van der Waals surface area (Å²) in [7, 11) is 0. The summed E-state index contributed by atoms with van der Waals surface area (Å²) in [5.41, 5.74) is 5.41. The van der Waals surface area contributed by atoms with Crippen LogP contribution in [0.4, 0.5) is 0 Å². The maximum atomic E-state index is 9.58. The lowest BCUT2D eigenvalue weighted by Gasteiger charge is -2.10. The number of unbranched alkanes of at least 4 members (excludes halogenated alkanes) is 3. The molecule has 0 heterocycles. The molecule has 1 atom stereocenters. The van der Waals surface area contributed by atoms with Crippen molar-refractivity contribution in [2.45, 2.75) is 31.8 Å². The van der Waals surface area contributed by atoms with E-state index in [-0.39, 0.29) is 6.10 Å². The molecule has 0 saturated heterocycles. The summed E-state index contributed by atoms with van der Waals surface area (Å²) < 4.78 is 0. The summed E-state index contributed by atoms with van der Waals surface area (Å²) in [5.74, 6) is 1.70. The van der Waals surface area contributed by atoms with E-state index in [1.54, 1.807) is 11.8 Å². The van der Waals surface area contributed by atoms with Crippen LogP contribution in [0.3, 0.4) is 0 Å². The second-order valence-corrected chi connectivity index (χ2v) is 4.96. The molecule has 0 aliphatic carbocycles. The number of hydrogen-bond acceptors (Lipinski definition) is 4. The van der Waals surface area contributed by atoms with Crippen LogP contribution in [0.25, 0.3) is 0 Å². The summed E-state index contributed by atoms with van der Waals surface area (Å²) in [6.07, 6.45) is 6.37. The van der Waals surface area contributed by atoms with Crippen molar-refractivity contribution < 1.29 is 5.11 Å². The SMILES string of the molecule is C=CCSCC(O)CNCCCCCCN. The Balaban J connectivity index is 3.08. The van der Waals surface area contributed by atoms with Crippen molar-refractivity contribution in [2.24, 2.45) is 5.73 Å². The molecule has 0 saturated carbocycles. The lowest BCUT2D eigenvalue weighted by molar-refractivity contribution is 0.196. The summed E-state index contributed by atoms with van der Waals surface area (Å²) in [5, 5.41) is 12.9. The zero-order chi connectivity index (χ0) is 12.1. The summed E-state index contributed by atoms with van der Waals surface area (Å²) in [6.45, 7) is 6.13. The molecular weight excluding hydrogens is 220 g/mol. The van der Waals surface area contributed by atoms with Crippen LogP contribution < -0.4 is 11.1 Å². The molecule has 0 radical (unpaired) electrons. The second kappa shape index (κ2) is 13.0. The van der Waals surface area contributed by atoms with Crippen LogP contribution in [0.5, 0.6) is 0 Å². The Labute approximate surface area is 104 Å². The molecule has 0 bridgehead atoms. The Morgan fingerprint density at radius 2 is 2.06 bits per heavy atom. The van der Waals surface area contributed by atoms with Gasteiger partial charge in [0, 0.05) is 18.1 Å². The van der Waals surface area contributed by atoms with Gasteiger partial charge in [-0.15, -0.1) is 6.58 Å². The molecule has 0 spiro atoms. The van der Waals surface area contributed by atoms with Gasteiger partial charge in [-0.3, -0.25) is 0 Å². The first-order valence-corrected chi connectivity index (χ1v) is 7.24. The van der Waals surface area contributed by atoms with Crippen LogP contribution in [-0.2, 0) is 0 Å². The van der Waals surface area contributed by atoms with Gasteiger partial charge >= 0.3 is 0 Å². The van der Waals surface area contributed by atoms with Gasteiger partial charge < -0.3 is 16.2 Å². The zero-order valence-corrected chi connectivity index (χ0v) is 11.0. The average molecular weight is 246 g/mol. The van der Waals surface area contributed by atoms with Crippen LogP contribution in [0.15, 0.2) is 12.7 Å². The van der Waals surface area contributed by atoms with Crippen LogP contribution >= 0.6 is 11.8 Å². The van der Waals surface area contributed by atoms with Crippen LogP contribution in [0, 0.1) is 0 Å². The first kappa shape index (κ1) is 16.0. The minimum absolute atomic E-state index is 0.242. The highest BCUT2D eigenvalue weighted by atomic mass is 32.2. The molecule has 3 nitrogen and oxygen atoms in total. The van der Waals surface area contributed by atoms with Gasteiger partial charge in [0.15, 0.2) is 0 Å². The van der Waals surface area contributed by atoms with Gasteiger partial charge in [-0.05, 0) is 25.9 Å². The molecule has 1 unspecified atom stereocenters. The molecule has 0 aromatic rings. The molecule has 0 aliphatic rings. The largest absolute Gasteiger partial charge is 0.391 e. The lowest BCUT2D eigenvalue weighted by atomic mass is 10.2. The molecule has 16 heavy (non-hydrogen) atoms. The molecular formula is C12H26N2OS. The third kappa shape index (κ3) is 12.0. The van der Waals surface area contributed by atoms with E-state index in [4.69, 9.17) is 5.73 Å². The maximum Gasteiger partial charge on any atom is 0.0754 e. The van der Waals surface area contributed by atoms with Gasteiger partial charge in [-0.1, -0.05) is 18.9 Å². The van der Waals surface area contributed by atoms with Gasteiger partial charge in [-0.2, -0.15) is 11.8 Å². The Kier molecular flexibility index (Phi) is 13.0. The van der Waals surface area contributed by atoms with Crippen molar-refractivity contribution >= 4 is 11.8 Å². The van der Waals surface area contributed by atoms with Crippen LogP contribution in [0.1, 0.15) is 25.7 Å². The van der Waals surface area contributed by atoms with E-state index in [0.717, 1.165) is 31.0 Å². The lowest BCUT2D eigenvalue weighted by Crippen LogP contribution is -2.29. The monoisotopic (exact) mass is 246 g/mol. The van der Waals surface area contributed by atoms with E-state index in [2.05, 4.69) is 11.9 Å². The van der Waals surface area contributed by atoms with E-state index in [9.17, 15) is 5.11 Å². The maximum absolute atomic E-state index is 9.58. The zero-order valence-electron chi connectivity index (χ0n) is 10.2. The number of nitrogens with two attached hydrogens (primary N) is 1. The third-order valence-electron chi connectivity index (χ3n) is 2.23. The predicted molar refractivity (Wildman–Crippen MR) is 73.9 cm³/mol. The number of nitrogens with one attached hydrogen (secondary N) is 1. The molecule has 0 aromatic heterocycles. The first-order chi connectivity index (χ1) is 7.81. The molecule has 0 aromatic carbocycles. The molecule has 96 valence electrons. The molecule has 4 N–H and O–H groups in total. The van der Waals surface area contributed by atoms with Gasteiger partial charge in [0.1, 0.15) is 0 Å². The normalized spacial score (nSPS) is 12.6. The highest BCUT2D eigenvalue weighted by molar-refractivity contribution is 7.99. The number of hydrogen-bond donors (Lipinski definition) is 3. The standard InChI is InChI=1S/C12H26N2OS/c1-2-9-16-11-12(15)10-14-8-6-4-3-5-7-13/h2,12,14-15H,1,3-11,13H2. The minimum Gasteiger partial charge on any atom is -0.391 e. The number of thioether (sulfide) groups is 1. The molecule has 0 rings (SSSR count). The van der Waals surface area contributed by atoms with Crippen molar-refractivity contribution in [3.8, 4) is 0 Å². The third-order valence-corrected chi connectivity index (χ3v) is 3.33. The molecule has 0 fully saturated rings. The van der Waals surface area contributed by atoms with Crippen molar-refractivity contribution in [3.05, 3.63) is 12.7 Å². The van der Waals surface area contributed by atoms with Crippen LogP contribution in [0.2, 0.25) is 0 Å². The Morgan fingerprint density at radius 1 is 1.31 bits per heavy atom. The topological polar surface area (TPSA) is 58.3 Å². The van der Waals surface area contributed by atoms with Crippen LogP contribution in [-0.4, -0.2) is 42.4 Å². The Bertz CT molecular complexity index is 156. The van der Waals surface area contributed by atoms with Gasteiger partial charge in [0.25, 0.3) is 0 Å². The Morgan fingerprint density at radius 3 is 2.75 bits per heavy atom. The van der Waals surface area contributed by atoms with E-state index in [0.29, 0.717) is 6.54 Å². The number of aliphatic hydroxyl groups is 1. The fourth-order valence-corrected chi connectivity index (χ4v) is 2.06. The Hall–Kier alpha value is -0.0300. The van der Waals surface area contributed by atoms with Crippen molar-refractivity contribution in [2.75, 3.05) is 31.1 Å². The molecule has 0 aliphatic heterocycles. The van der Waals surface area contributed by atoms with Gasteiger partial charge in [0.2, 0.25) is 0 Å². The quantitative estimate of drug-likeness (QED) is 0.360. The van der Waals surface area contributed by atoms with Gasteiger partial charge in [-0.25, -0.2) is 0 Å². The fourth-order valence-electron chi connectivity index (χ4n) is 1.36. The van der Waals surface area contributed by atoms with Crippen molar-refractivity contribution in [1.29, 1.82) is 0 Å². The minimum atomic E-state index is -0.242. The van der Waals surface area contributed by atoms with Crippen molar-refractivity contribution in [3.63, 3.8) is 0 Å². The smallest absolute Gasteiger partial charge is 0.0754 e. The highest BCUT2D eigenvalue weighted by Gasteiger charge is 2.02. The highest BCUT2D eigenvalue weighted by Crippen LogP contribution is 2.02.